The Labute approximate surface area is 103 Å². The first-order valence-electron chi connectivity index (χ1n) is 5.07. The fraction of sp³-hybridized carbons (Fsp3) is 0.154. The van der Waals surface area contributed by atoms with Crippen LogP contribution in [0.1, 0.15) is 22.2 Å². The van der Waals surface area contributed by atoms with Crippen molar-refractivity contribution in [1.82, 2.24) is 4.98 Å². The molecule has 0 unspecified atom stereocenters. The topological polar surface area (TPSA) is 33.1 Å². The monoisotopic (exact) mass is 277 g/mol. The Morgan fingerprint density at radius 2 is 1.69 bits per heavy atom. The molecule has 0 aliphatic carbocycles. The summed E-state index contributed by atoms with van der Waals surface area (Å²) in [6.45, 7) is 0. The number of aromatic nitrogens is 1. The molecule has 0 saturated carbocycles. The number of aliphatic hydroxyl groups excluding tert-OH is 1. The van der Waals surface area contributed by atoms with Crippen LogP contribution in [0.5, 0.6) is 0 Å². The van der Waals surface area contributed by atoms with E-state index in [2.05, 4.69) is 20.9 Å². The molecule has 3 heteroatoms. The van der Waals surface area contributed by atoms with Gasteiger partial charge in [-0.1, -0.05) is 52.3 Å². The number of hydrogen-bond donors (Lipinski definition) is 1. The molecular formula is C13H12BrNO. The Hall–Kier alpha value is -1.19. The second kappa shape index (κ2) is 5.23. The number of hydrogen-bond acceptors (Lipinski definition) is 2. The van der Waals surface area contributed by atoms with Gasteiger partial charge >= 0.3 is 0 Å². The molecule has 82 valence electrons. The fourth-order valence-electron chi connectivity index (χ4n) is 1.52. The highest BCUT2D eigenvalue weighted by Gasteiger charge is 2.20. The molecule has 1 heterocycles. The van der Waals surface area contributed by atoms with E-state index >= 15 is 0 Å². The minimum Gasteiger partial charge on any atom is -0.385 e. The van der Waals surface area contributed by atoms with Gasteiger partial charge in [-0.25, -0.2) is 0 Å². The van der Waals surface area contributed by atoms with E-state index in [1.165, 1.54) is 0 Å². The summed E-state index contributed by atoms with van der Waals surface area (Å²) in [5.74, 6) is 0. The van der Waals surface area contributed by atoms with Crippen molar-refractivity contribution < 1.29 is 5.11 Å². The lowest BCUT2D eigenvalue weighted by molar-refractivity contribution is 0.172. The number of aliphatic hydroxyl groups is 1. The average molecular weight is 278 g/mol. The quantitative estimate of drug-likeness (QED) is 0.874. The molecule has 1 N–H and O–H groups in total. The summed E-state index contributed by atoms with van der Waals surface area (Å²) in [6.07, 6.45) is 1.05. The second-order valence-electron chi connectivity index (χ2n) is 3.51. The van der Waals surface area contributed by atoms with Crippen LogP contribution >= 0.6 is 15.9 Å². The van der Waals surface area contributed by atoms with E-state index in [4.69, 9.17) is 0 Å². The highest BCUT2D eigenvalue weighted by atomic mass is 79.9. The Morgan fingerprint density at radius 1 is 1.00 bits per heavy atom. The molecule has 2 rings (SSSR count). The summed E-state index contributed by atoms with van der Waals surface area (Å²) in [5.41, 5.74) is 1.72. The fourth-order valence-corrected chi connectivity index (χ4v) is 2.10. The first-order chi connectivity index (χ1) is 7.79. The smallest absolute Gasteiger partial charge is 0.112 e. The van der Waals surface area contributed by atoms with E-state index in [1.807, 2.05) is 48.5 Å². The van der Waals surface area contributed by atoms with Crippen molar-refractivity contribution in [1.29, 1.82) is 0 Å². The van der Waals surface area contributed by atoms with Gasteiger partial charge in [-0.2, -0.15) is 0 Å². The molecule has 0 aliphatic rings. The summed E-state index contributed by atoms with van der Waals surface area (Å²) in [6, 6.07) is 15.3. The standard InChI is InChI=1S/C13H12BrNO/c14-12(10-6-2-1-3-7-10)13(16)11-8-4-5-9-15-11/h1-9,12-13,16H/t12-,13-/m0/s1. The molecule has 2 nitrogen and oxygen atoms in total. The van der Waals surface area contributed by atoms with E-state index in [0.717, 1.165) is 5.56 Å². The molecule has 0 aliphatic heterocycles. The van der Waals surface area contributed by atoms with Gasteiger partial charge in [0.15, 0.2) is 0 Å². The Kier molecular flexibility index (Phi) is 3.70. The zero-order valence-electron chi connectivity index (χ0n) is 8.62. The van der Waals surface area contributed by atoms with E-state index in [9.17, 15) is 5.11 Å². The SMILES string of the molecule is O[C@@H](c1ccccn1)[C@@H](Br)c1ccccc1. The minimum atomic E-state index is -0.636. The van der Waals surface area contributed by atoms with E-state index in [-0.39, 0.29) is 4.83 Å². The highest BCUT2D eigenvalue weighted by molar-refractivity contribution is 9.09. The molecule has 2 atom stereocenters. The Bertz CT molecular complexity index is 389. The third-order valence-corrected chi connectivity index (χ3v) is 3.42. The maximum Gasteiger partial charge on any atom is 0.112 e. The number of benzene rings is 1. The third-order valence-electron chi connectivity index (χ3n) is 2.39. The summed E-state index contributed by atoms with van der Waals surface area (Å²) >= 11 is 3.50. The van der Waals surface area contributed by atoms with Crippen LogP contribution < -0.4 is 0 Å². The van der Waals surface area contributed by atoms with Crippen LogP contribution in [0.25, 0.3) is 0 Å². The number of halogens is 1. The number of alkyl halides is 1. The molecule has 0 fully saturated rings. The lowest BCUT2D eigenvalue weighted by atomic mass is 10.1. The zero-order chi connectivity index (χ0) is 11.4. The predicted molar refractivity (Wildman–Crippen MR) is 67.3 cm³/mol. The molecule has 0 spiro atoms. The lowest BCUT2D eigenvalue weighted by Crippen LogP contribution is -2.06. The maximum absolute atomic E-state index is 10.1. The molecule has 0 bridgehead atoms. The number of pyridine rings is 1. The van der Waals surface area contributed by atoms with Crippen LogP contribution in [0.3, 0.4) is 0 Å². The first-order valence-corrected chi connectivity index (χ1v) is 5.98. The maximum atomic E-state index is 10.1. The number of nitrogens with zero attached hydrogens (tertiary/aromatic N) is 1. The van der Waals surface area contributed by atoms with Crippen molar-refractivity contribution >= 4 is 15.9 Å². The molecule has 1 aromatic heterocycles. The normalized spacial score (nSPS) is 14.4. The van der Waals surface area contributed by atoms with Crippen molar-refractivity contribution in [3.8, 4) is 0 Å². The molecule has 0 radical (unpaired) electrons. The van der Waals surface area contributed by atoms with Crippen molar-refractivity contribution in [2.24, 2.45) is 0 Å². The summed E-state index contributed by atoms with van der Waals surface area (Å²) < 4.78 is 0. The van der Waals surface area contributed by atoms with Crippen LogP contribution in [-0.4, -0.2) is 10.1 Å². The van der Waals surface area contributed by atoms with Gasteiger partial charge in [0.1, 0.15) is 6.10 Å². The van der Waals surface area contributed by atoms with Crippen LogP contribution in [0, 0.1) is 0 Å². The van der Waals surface area contributed by atoms with E-state index in [0.29, 0.717) is 5.69 Å². The van der Waals surface area contributed by atoms with Gasteiger partial charge in [0.25, 0.3) is 0 Å². The zero-order valence-corrected chi connectivity index (χ0v) is 10.2. The lowest BCUT2D eigenvalue weighted by Gasteiger charge is -2.16. The van der Waals surface area contributed by atoms with Gasteiger partial charge in [0, 0.05) is 6.20 Å². The van der Waals surface area contributed by atoms with Gasteiger partial charge in [-0.3, -0.25) is 4.98 Å². The second-order valence-corrected chi connectivity index (χ2v) is 4.50. The largest absolute Gasteiger partial charge is 0.385 e. The van der Waals surface area contributed by atoms with Crippen LogP contribution in [0.15, 0.2) is 54.7 Å². The van der Waals surface area contributed by atoms with E-state index in [1.54, 1.807) is 6.20 Å². The van der Waals surface area contributed by atoms with Crippen molar-refractivity contribution in [3.05, 3.63) is 66.0 Å². The van der Waals surface area contributed by atoms with Crippen LogP contribution in [0.2, 0.25) is 0 Å². The van der Waals surface area contributed by atoms with E-state index < -0.39 is 6.10 Å². The molecule has 1 aromatic carbocycles. The minimum absolute atomic E-state index is 0.136. The van der Waals surface area contributed by atoms with Crippen LogP contribution in [0.4, 0.5) is 0 Å². The molecule has 0 amide bonds. The predicted octanol–water partition coefficient (Wildman–Crippen LogP) is 3.25. The summed E-state index contributed by atoms with van der Waals surface area (Å²) in [5, 5.41) is 10.1. The number of rotatable bonds is 3. The molecule has 2 aromatic rings. The first kappa shape index (κ1) is 11.3. The average Bonchev–Trinajstić information content (AvgIpc) is 2.39. The van der Waals surface area contributed by atoms with Crippen molar-refractivity contribution in [2.45, 2.75) is 10.9 Å². The van der Waals surface area contributed by atoms with Crippen molar-refractivity contribution in [2.75, 3.05) is 0 Å². The van der Waals surface area contributed by atoms with Gasteiger partial charge in [-0.15, -0.1) is 0 Å². The Morgan fingerprint density at radius 3 is 2.31 bits per heavy atom. The summed E-state index contributed by atoms with van der Waals surface area (Å²) in [4.78, 5) is 4.01. The molecule has 16 heavy (non-hydrogen) atoms. The molecule has 0 saturated heterocycles. The van der Waals surface area contributed by atoms with Crippen molar-refractivity contribution in [3.63, 3.8) is 0 Å². The third kappa shape index (κ3) is 2.49. The van der Waals surface area contributed by atoms with Gasteiger partial charge in [0.05, 0.1) is 10.5 Å². The summed E-state index contributed by atoms with van der Waals surface area (Å²) in [7, 11) is 0. The highest BCUT2D eigenvalue weighted by Crippen LogP contribution is 2.34. The molecular weight excluding hydrogens is 266 g/mol. The van der Waals surface area contributed by atoms with Gasteiger partial charge in [-0.05, 0) is 17.7 Å². The Balaban J connectivity index is 2.20. The van der Waals surface area contributed by atoms with Gasteiger partial charge < -0.3 is 5.11 Å². The van der Waals surface area contributed by atoms with Gasteiger partial charge in [0.2, 0.25) is 0 Å². The van der Waals surface area contributed by atoms with Crippen LogP contribution in [-0.2, 0) is 0 Å².